The molecule has 0 amide bonds. The lowest BCUT2D eigenvalue weighted by Gasteiger charge is -2.26. The van der Waals surface area contributed by atoms with E-state index in [-0.39, 0.29) is 6.10 Å². The second kappa shape index (κ2) is 6.20. The molecular weight excluding hydrogens is 174 g/mol. The molecule has 0 saturated heterocycles. The highest BCUT2D eigenvalue weighted by molar-refractivity contribution is 4.93. The SMILES string of the molecule is CCC(CN)OCC1CC=CCC1C. The van der Waals surface area contributed by atoms with E-state index in [1.54, 1.807) is 0 Å². The molecule has 0 aromatic carbocycles. The average Bonchev–Trinajstić information content (AvgIpc) is 2.22. The lowest BCUT2D eigenvalue weighted by molar-refractivity contribution is 0.0195. The molecule has 0 aromatic rings. The van der Waals surface area contributed by atoms with E-state index in [0.29, 0.717) is 12.5 Å². The van der Waals surface area contributed by atoms with Gasteiger partial charge in [0.05, 0.1) is 12.7 Å². The normalized spacial score (nSPS) is 29.1. The maximum absolute atomic E-state index is 5.79. The molecule has 2 nitrogen and oxygen atoms in total. The van der Waals surface area contributed by atoms with Crippen molar-refractivity contribution in [1.82, 2.24) is 0 Å². The van der Waals surface area contributed by atoms with Crippen LogP contribution in [0, 0.1) is 11.8 Å². The molecule has 82 valence electrons. The van der Waals surface area contributed by atoms with Crippen molar-refractivity contribution >= 4 is 0 Å². The van der Waals surface area contributed by atoms with Crippen molar-refractivity contribution in [2.45, 2.75) is 39.2 Å². The summed E-state index contributed by atoms with van der Waals surface area (Å²) >= 11 is 0. The quantitative estimate of drug-likeness (QED) is 0.687. The van der Waals surface area contributed by atoms with Gasteiger partial charge in [0.2, 0.25) is 0 Å². The van der Waals surface area contributed by atoms with Gasteiger partial charge in [-0.25, -0.2) is 0 Å². The highest BCUT2D eigenvalue weighted by Gasteiger charge is 2.19. The fraction of sp³-hybridized carbons (Fsp3) is 0.833. The Morgan fingerprint density at radius 3 is 2.71 bits per heavy atom. The first-order valence-corrected chi connectivity index (χ1v) is 5.74. The van der Waals surface area contributed by atoms with Crippen molar-refractivity contribution in [3.8, 4) is 0 Å². The summed E-state index contributed by atoms with van der Waals surface area (Å²) < 4.78 is 5.79. The zero-order valence-corrected chi connectivity index (χ0v) is 9.41. The molecule has 3 unspecified atom stereocenters. The van der Waals surface area contributed by atoms with Crippen molar-refractivity contribution in [3.63, 3.8) is 0 Å². The van der Waals surface area contributed by atoms with Crippen LogP contribution in [-0.4, -0.2) is 19.3 Å². The molecule has 1 aliphatic rings. The van der Waals surface area contributed by atoms with Gasteiger partial charge in [-0.05, 0) is 31.1 Å². The molecule has 0 saturated carbocycles. The number of allylic oxidation sites excluding steroid dienone is 2. The molecule has 0 spiro atoms. The first-order chi connectivity index (χ1) is 6.77. The maximum Gasteiger partial charge on any atom is 0.0694 e. The van der Waals surface area contributed by atoms with Gasteiger partial charge in [0.1, 0.15) is 0 Å². The van der Waals surface area contributed by atoms with Crippen LogP contribution >= 0.6 is 0 Å². The van der Waals surface area contributed by atoms with Crippen LogP contribution in [-0.2, 0) is 4.74 Å². The summed E-state index contributed by atoms with van der Waals surface area (Å²) in [5, 5.41) is 0. The maximum atomic E-state index is 5.79. The number of hydrogen-bond donors (Lipinski definition) is 1. The van der Waals surface area contributed by atoms with Crippen molar-refractivity contribution in [2.75, 3.05) is 13.2 Å². The Balaban J connectivity index is 2.26. The first-order valence-electron chi connectivity index (χ1n) is 5.74. The summed E-state index contributed by atoms with van der Waals surface area (Å²) in [5.41, 5.74) is 5.59. The van der Waals surface area contributed by atoms with Crippen molar-refractivity contribution in [1.29, 1.82) is 0 Å². The van der Waals surface area contributed by atoms with Crippen molar-refractivity contribution < 1.29 is 4.74 Å². The summed E-state index contributed by atoms with van der Waals surface area (Å²) in [6, 6.07) is 0. The Hall–Kier alpha value is -0.340. The number of rotatable bonds is 5. The highest BCUT2D eigenvalue weighted by atomic mass is 16.5. The number of hydrogen-bond acceptors (Lipinski definition) is 2. The second-order valence-corrected chi connectivity index (χ2v) is 4.28. The van der Waals surface area contributed by atoms with Gasteiger partial charge in [0.25, 0.3) is 0 Å². The summed E-state index contributed by atoms with van der Waals surface area (Å²) in [6.07, 6.45) is 8.20. The van der Waals surface area contributed by atoms with Crippen LogP contribution in [0.25, 0.3) is 0 Å². The second-order valence-electron chi connectivity index (χ2n) is 4.28. The summed E-state index contributed by atoms with van der Waals surface area (Å²) in [6.45, 7) is 5.96. The van der Waals surface area contributed by atoms with E-state index in [9.17, 15) is 0 Å². The fourth-order valence-electron chi connectivity index (χ4n) is 1.85. The minimum atomic E-state index is 0.258. The third kappa shape index (κ3) is 3.43. The Kier molecular flexibility index (Phi) is 5.20. The van der Waals surface area contributed by atoms with Crippen LogP contribution in [0.4, 0.5) is 0 Å². The Bertz CT molecular complexity index is 175. The topological polar surface area (TPSA) is 35.2 Å². The average molecular weight is 197 g/mol. The van der Waals surface area contributed by atoms with Crippen molar-refractivity contribution in [2.24, 2.45) is 17.6 Å². The van der Waals surface area contributed by atoms with Gasteiger partial charge < -0.3 is 10.5 Å². The third-order valence-electron chi connectivity index (χ3n) is 3.18. The van der Waals surface area contributed by atoms with Crippen LogP contribution in [0.1, 0.15) is 33.1 Å². The predicted molar refractivity (Wildman–Crippen MR) is 60.1 cm³/mol. The molecule has 3 atom stereocenters. The monoisotopic (exact) mass is 197 g/mol. The number of ether oxygens (including phenoxy) is 1. The van der Waals surface area contributed by atoms with E-state index in [4.69, 9.17) is 10.5 Å². The molecule has 0 aromatic heterocycles. The van der Waals surface area contributed by atoms with Crippen LogP contribution in [0.3, 0.4) is 0 Å². The molecule has 1 rings (SSSR count). The predicted octanol–water partition coefficient (Wildman–Crippen LogP) is 2.34. The van der Waals surface area contributed by atoms with Gasteiger partial charge in [0.15, 0.2) is 0 Å². The molecule has 0 heterocycles. The molecule has 0 bridgehead atoms. The molecule has 0 radical (unpaired) electrons. The zero-order valence-electron chi connectivity index (χ0n) is 9.41. The van der Waals surface area contributed by atoms with Crippen LogP contribution in [0.15, 0.2) is 12.2 Å². The largest absolute Gasteiger partial charge is 0.377 e. The standard InChI is InChI=1S/C12H23NO/c1-3-12(8-13)14-9-11-7-5-4-6-10(11)2/h4-5,10-12H,3,6-9,13H2,1-2H3. The molecule has 0 aliphatic heterocycles. The van der Waals surface area contributed by atoms with Gasteiger partial charge in [-0.3, -0.25) is 0 Å². The Morgan fingerprint density at radius 2 is 2.14 bits per heavy atom. The van der Waals surface area contributed by atoms with Crippen LogP contribution in [0.5, 0.6) is 0 Å². The van der Waals surface area contributed by atoms with Crippen LogP contribution in [0.2, 0.25) is 0 Å². The molecular formula is C12H23NO. The van der Waals surface area contributed by atoms with Gasteiger partial charge in [-0.2, -0.15) is 0 Å². The highest BCUT2D eigenvalue weighted by Crippen LogP contribution is 2.25. The molecule has 0 fully saturated rings. The van der Waals surface area contributed by atoms with Gasteiger partial charge in [-0.15, -0.1) is 0 Å². The van der Waals surface area contributed by atoms with E-state index in [1.807, 2.05) is 0 Å². The van der Waals surface area contributed by atoms with Gasteiger partial charge in [-0.1, -0.05) is 26.0 Å². The first kappa shape index (κ1) is 11.7. The van der Waals surface area contributed by atoms with Crippen LogP contribution < -0.4 is 5.73 Å². The summed E-state index contributed by atoms with van der Waals surface area (Å²) in [4.78, 5) is 0. The van der Waals surface area contributed by atoms with E-state index in [0.717, 1.165) is 18.9 Å². The number of nitrogens with two attached hydrogens (primary N) is 1. The minimum absolute atomic E-state index is 0.258. The summed E-state index contributed by atoms with van der Waals surface area (Å²) in [7, 11) is 0. The zero-order chi connectivity index (χ0) is 10.4. The smallest absolute Gasteiger partial charge is 0.0694 e. The fourth-order valence-corrected chi connectivity index (χ4v) is 1.85. The van der Waals surface area contributed by atoms with Gasteiger partial charge in [0, 0.05) is 6.54 Å². The molecule has 2 heteroatoms. The third-order valence-corrected chi connectivity index (χ3v) is 3.18. The van der Waals surface area contributed by atoms with Crippen molar-refractivity contribution in [3.05, 3.63) is 12.2 Å². The van der Waals surface area contributed by atoms with E-state index >= 15 is 0 Å². The lowest BCUT2D eigenvalue weighted by atomic mass is 9.85. The van der Waals surface area contributed by atoms with E-state index < -0.39 is 0 Å². The Labute approximate surface area is 87.5 Å². The molecule has 14 heavy (non-hydrogen) atoms. The van der Waals surface area contributed by atoms with E-state index in [2.05, 4.69) is 26.0 Å². The van der Waals surface area contributed by atoms with Gasteiger partial charge >= 0.3 is 0 Å². The van der Waals surface area contributed by atoms with E-state index in [1.165, 1.54) is 12.8 Å². The molecule has 2 N–H and O–H groups in total. The lowest BCUT2D eigenvalue weighted by Crippen LogP contribution is -2.28. The minimum Gasteiger partial charge on any atom is -0.377 e. The molecule has 1 aliphatic carbocycles. The Morgan fingerprint density at radius 1 is 1.43 bits per heavy atom. The summed E-state index contributed by atoms with van der Waals surface area (Å²) in [5.74, 6) is 1.45.